The topological polar surface area (TPSA) is 90.6 Å². The molecule has 0 bridgehead atoms. The molecular weight excluding hydrogens is 292 g/mol. The van der Waals surface area contributed by atoms with Crippen LogP contribution in [0.1, 0.15) is 40.4 Å². The standard InChI is InChI=1S/C16H18N6O/c1-10-13(9-17-18-10)11-5-7-22(8-6-11)16(23)12-3-2-4-14-15(12)20-21-19-14/h2-4,9,11H,5-8H2,1H3,(H,17,18)(H,19,20,21). The zero-order chi connectivity index (χ0) is 15.8. The van der Waals surface area contributed by atoms with Crippen molar-refractivity contribution in [2.24, 2.45) is 0 Å². The van der Waals surface area contributed by atoms with Crippen LogP contribution in [0.25, 0.3) is 11.0 Å². The molecule has 2 N–H and O–H groups in total. The van der Waals surface area contributed by atoms with Crippen LogP contribution in [0, 0.1) is 6.92 Å². The van der Waals surface area contributed by atoms with Crippen molar-refractivity contribution in [1.29, 1.82) is 0 Å². The number of H-pyrrole nitrogens is 2. The normalized spacial score (nSPS) is 16.1. The van der Waals surface area contributed by atoms with Crippen molar-refractivity contribution in [2.45, 2.75) is 25.7 Å². The van der Waals surface area contributed by atoms with Crippen molar-refractivity contribution >= 4 is 16.9 Å². The summed E-state index contributed by atoms with van der Waals surface area (Å²) in [4.78, 5) is 14.7. The first-order chi connectivity index (χ1) is 11.2. The van der Waals surface area contributed by atoms with Crippen molar-refractivity contribution in [2.75, 3.05) is 13.1 Å². The monoisotopic (exact) mass is 310 g/mol. The summed E-state index contributed by atoms with van der Waals surface area (Å²) < 4.78 is 0. The third-order valence-electron chi connectivity index (χ3n) is 4.67. The Balaban J connectivity index is 1.51. The molecule has 1 aliphatic heterocycles. The van der Waals surface area contributed by atoms with Gasteiger partial charge in [-0.2, -0.15) is 20.5 Å². The molecule has 4 rings (SSSR count). The second-order valence-electron chi connectivity index (χ2n) is 6.01. The largest absolute Gasteiger partial charge is 0.339 e. The molecule has 1 aliphatic rings. The predicted octanol–water partition coefficient (Wildman–Crippen LogP) is 2.01. The van der Waals surface area contributed by atoms with E-state index in [1.54, 1.807) is 0 Å². The van der Waals surface area contributed by atoms with E-state index in [9.17, 15) is 4.79 Å². The molecule has 0 unspecified atom stereocenters. The van der Waals surface area contributed by atoms with E-state index in [0.29, 0.717) is 17.0 Å². The third-order valence-corrected chi connectivity index (χ3v) is 4.67. The summed E-state index contributed by atoms with van der Waals surface area (Å²) in [6.07, 6.45) is 3.83. The smallest absolute Gasteiger partial charge is 0.256 e. The number of carbonyl (C=O) groups is 1. The lowest BCUT2D eigenvalue weighted by Gasteiger charge is -2.32. The van der Waals surface area contributed by atoms with Crippen LogP contribution in [-0.4, -0.2) is 49.5 Å². The van der Waals surface area contributed by atoms with Crippen LogP contribution in [-0.2, 0) is 0 Å². The highest BCUT2D eigenvalue weighted by atomic mass is 16.2. The number of likely N-dealkylation sites (tertiary alicyclic amines) is 1. The molecule has 0 spiro atoms. The van der Waals surface area contributed by atoms with Gasteiger partial charge in [0.15, 0.2) is 0 Å². The van der Waals surface area contributed by atoms with E-state index in [1.165, 1.54) is 5.56 Å². The van der Waals surface area contributed by atoms with Gasteiger partial charge in [-0.3, -0.25) is 9.89 Å². The molecule has 1 aromatic carbocycles. The van der Waals surface area contributed by atoms with Gasteiger partial charge in [-0.05, 0) is 43.4 Å². The quantitative estimate of drug-likeness (QED) is 0.757. The first kappa shape index (κ1) is 13.9. The number of amides is 1. The van der Waals surface area contributed by atoms with E-state index in [4.69, 9.17) is 0 Å². The number of hydrogen-bond donors (Lipinski definition) is 2. The Morgan fingerprint density at radius 3 is 2.83 bits per heavy atom. The molecular formula is C16H18N6O. The lowest BCUT2D eigenvalue weighted by Crippen LogP contribution is -2.38. The van der Waals surface area contributed by atoms with Gasteiger partial charge in [0.1, 0.15) is 11.0 Å². The Morgan fingerprint density at radius 2 is 2.09 bits per heavy atom. The Bertz CT molecular complexity index is 843. The van der Waals surface area contributed by atoms with Crippen LogP contribution in [0.4, 0.5) is 0 Å². The van der Waals surface area contributed by atoms with E-state index >= 15 is 0 Å². The summed E-state index contributed by atoms with van der Waals surface area (Å²) in [7, 11) is 0. The summed E-state index contributed by atoms with van der Waals surface area (Å²) in [6, 6.07) is 5.52. The van der Waals surface area contributed by atoms with Gasteiger partial charge in [-0.15, -0.1) is 0 Å². The minimum atomic E-state index is 0.0341. The van der Waals surface area contributed by atoms with Crippen LogP contribution >= 0.6 is 0 Å². The number of fused-ring (bicyclic) bond motifs is 1. The van der Waals surface area contributed by atoms with E-state index < -0.39 is 0 Å². The third kappa shape index (κ3) is 2.38. The van der Waals surface area contributed by atoms with E-state index in [1.807, 2.05) is 36.2 Å². The molecule has 3 heterocycles. The lowest BCUT2D eigenvalue weighted by atomic mass is 9.89. The SMILES string of the molecule is Cc1[nH]ncc1C1CCN(C(=O)c2cccc3n[nH]nc23)CC1. The van der Waals surface area contributed by atoms with Crippen molar-refractivity contribution in [3.8, 4) is 0 Å². The van der Waals surface area contributed by atoms with Crippen molar-refractivity contribution in [3.63, 3.8) is 0 Å². The summed E-state index contributed by atoms with van der Waals surface area (Å²) >= 11 is 0. The molecule has 1 saturated heterocycles. The van der Waals surface area contributed by atoms with Crippen LogP contribution in [0.2, 0.25) is 0 Å². The van der Waals surface area contributed by atoms with Crippen LogP contribution in [0.15, 0.2) is 24.4 Å². The second-order valence-corrected chi connectivity index (χ2v) is 6.01. The van der Waals surface area contributed by atoms with Gasteiger partial charge in [0.05, 0.1) is 11.8 Å². The van der Waals surface area contributed by atoms with Gasteiger partial charge in [0.25, 0.3) is 5.91 Å². The molecule has 0 saturated carbocycles. The highest BCUT2D eigenvalue weighted by Crippen LogP contribution is 2.30. The van der Waals surface area contributed by atoms with Gasteiger partial charge in [0.2, 0.25) is 0 Å². The number of carbonyl (C=O) groups excluding carboxylic acids is 1. The lowest BCUT2D eigenvalue weighted by molar-refractivity contribution is 0.0714. The fourth-order valence-corrected chi connectivity index (χ4v) is 3.38. The number of aromatic nitrogens is 5. The summed E-state index contributed by atoms with van der Waals surface area (Å²) in [5, 5.41) is 17.8. The number of hydrogen-bond acceptors (Lipinski definition) is 4. The second kappa shape index (κ2) is 5.49. The number of rotatable bonds is 2. The molecule has 0 radical (unpaired) electrons. The molecule has 118 valence electrons. The Labute approximate surface area is 133 Å². The number of aromatic amines is 2. The maximum Gasteiger partial charge on any atom is 0.256 e. The predicted molar refractivity (Wildman–Crippen MR) is 85.1 cm³/mol. The van der Waals surface area contributed by atoms with E-state index in [0.717, 1.165) is 37.1 Å². The maximum absolute atomic E-state index is 12.8. The molecule has 0 aliphatic carbocycles. The first-order valence-corrected chi connectivity index (χ1v) is 7.82. The minimum absolute atomic E-state index is 0.0341. The first-order valence-electron chi connectivity index (χ1n) is 7.82. The number of aryl methyl sites for hydroxylation is 1. The van der Waals surface area contributed by atoms with E-state index in [-0.39, 0.29) is 5.91 Å². The van der Waals surface area contributed by atoms with Gasteiger partial charge in [0, 0.05) is 18.8 Å². The van der Waals surface area contributed by atoms with Gasteiger partial charge in [-0.1, -0.05) is 6.07 Å². The molecule has 1 amide bonds. The Morgan fingerprint density at radius 1 is 1.26 bits per heavy atom. The van der Waals surface area contributed by atoms with Gasteiger partial charge >= 0.3 is 0 Å². The average Bonchev–Trinajstić information content (AvgIpc) is 3.22. The van der Waals surface area contributed by atoms with Crippen molar-refractivity contribution in [1.82, 2.24) is 30.5 Å². The zero-order valence-electron chi connectivity index (χ0n) is 12.9. The number of nitrogens with one attached hydrogen (secondary N) is 2. The fraction of sp³-hybridized carbons (Fsp3) is 0.375. The number of para-hydroxylation sites is 1. The maximum atomic E-state index is 12.8. The Kier molecular flexibility index (Phi) is 3.33. The number of piperidine rings is 1. The molecule has 3 aromatic rings. The van der Waals surface area contributed by atoms with E-state index in [2.05, 4.69) is 25.6 Å². The number of benzene rings is 1. The molecule has 1 fully saturated rings. The summed E-state index contributed by atoms with van der Waals surface area (Å²) in [5.74, 6) is 0.507. The highest BCUT2D eigenvalue weighted by Gasteiger charge is 2.27. The molecule has 7 nitrogen and oxygen atoms in total. The summed E-state index contributed by atoms with van der Waals surface area (Å²) in [6.45, 7) is 3.55. The van der Waals surface area contributed by atoms with Crippen LogP contribution < -0.4 is 0 Å². The molecule has 0 atom stereocenters. The van der Waals surface area contributed by atoms with Gasteiger partial charge < -0.3 is 4.90 Å². The summed E-state index contributed by atoms with van der Waals surface area (Å²) in [5.41, 5.74) is 4.39. The molecule has 23 heavy (non-hydrogen) atoms. The minimum Gasteiger partial charge on any atom is -0.339 e. The Hall–Kier alpha value is -2.70. The van der Waals surface area contributed by atoms with Crippen LogP contribution in [0.3, 0.4) is 0 Å². The van der Waals surface area contributed by atoms with Crippen LogP contribution in [0.5, 0.6) is 0 Å². The molecule has 7 heteroatoms. The molecule has 2 aromatic heterocycles. The number of nitrogens with zero attached hydrogens (tertiary/aromatic N) is 4. The van der Waals surface area contributed by atoms with Crippen molar-refractivity contribution < 1.29 is 4.79 Å². The zero-order valence-corrected chi connectivity index (χ0v) is 12.9. The van der Waals surface area contributed by atoms with Crippen molar-refractivity contribution in [3.05, 3.63) is 41.2 Å². The average molecular weight is 310 g/mol. The van der Waals surface area contributed by atoms with Gasteiger partial charge in [-0.25, -0.2) is 0 Å². The highest BCUT2D eigenvalue weighted by molar-refractivity contribution is 6.04. The fourth-order valence-electron chi connectivity index (χ4n) is 3.38.